The van der Waals surface area contributed by atoms with Gasteiger partial charge in [-0.05, 0) is 96.1 Å². The molecule has 4 aromatic rings. The lowest BCUT2D eigenvalue weighted by atomic mass is 9.87. The van der Waals surface area contributed by atoms with Crippen LogP contribution in [0.1, 0.15) is 35.6 Å². The molecule has 1 heterocycles. The number of benzene rings is 4. The van der Waals surface area contributed by atoms with Crippen LogP contribution in [-0.2, 0) is 12.8 Å². The summed E-state index contributed by atoms with van der Waals surface area (Å²) in [5.74, 6) is 2.46. The molecule has 1 aliphatic rings. The quantitative estimate of drug-likeness (QED) is 0.204. The minimum Gasteiger partial charge on any atom is -0.494 e. The number of hydrogen-bond donors (Lipinski definition) is 0. The summed E-state index contributed by atoms with van der Waals surface area (Å²) in [6, 6.07) is 27.5. The number of methoxy groups -OCH3 is 2. The summed E-state index contributed by atoms with van der Waals surface area (Å²) in [5, 5.41) is 3.34. The van der Waals surface area contributed by atoms with Gasteiger partial charge in [-0.2, -0.15) is 0 Å². The van der Waals surface area contributed by atoms with Gasteiger partial charge in [-0.1, -0.05) is 54.1 Å². The number of ether oxygens (including phenoxy) is 3. The minimum atomic E-state index is 0.270. The molecule has 1 unspecified atom stereocenters. The molecule has 4 nitrogen and oxygen atoms in total. The standard InChI is InChI=1S/C32H34ClNO3/c1-35-31-21-25-16-18-34(17-5-6-19-37-27-14-12-26(33)13-15-27)30(29(25)22-32(31)36-2)20-24-10-7-9-23-8-3-4-11-28(23)24/h3-4,7-15,21-22,30H,5-6,16-20H2,1-2H3. The first-order chi connectivity index (χ1) is 18.2. The van der Waals surface area contributed by atoms with E-state index in [0.29, 0.717) is 6.61 Å². The highest BCUT2D eigenvalue weighted by Gasteiger charge is 2.29. The third-order valence-corrected chi connectivity index (χ3v) is 7.58. The average Bonchev–Trinajstić information content (AvgIpc) is 2.94. The van der Waals surface area contributed by atoms with Crippen LogP contribution >= 0.6 is 11.6 Å². The van der Waals surface area contributed by atoms with Crippen molar-refractivity contribution in [1.29, 1.82) is 0 Å². The molecule has 5 heteroatoms. The molecular formula is C32H34ClNO3. The number of fused-ring (bicyclic) bond motifs is 2. The van der Waals surface area contributed by atoms with Crippen molar-refractivity contribution in [3.8, 4) is 17.2 Å². The van der Waals surface area contributed by atoms with Gasteiger partial charge in [0.1, 0.15) is 5.75 Å². The Morgan fingerprint density at radius 2 is 1.62 bits per heavy atom. The van der Waals surface area contributed by atoms with Crippen molar-refractivity contribution in [3.05, 3.63) is 101 Å². The molecule has 0 aliphatic carbocycles. The van der Waals surface area contributed by atoms with Gasteiger partial charge in [0.25, 0.3) is 0 Å². The second-order valence-corrected chi connectivity index (χ2v) is 10.00. The molecule has 1 atom stereocenters. The Labute approximate surface area is 224 Å². The summed E-state index contributed by atoms with van der Waals surface area (Å²) in [6.45, 7) is 2.74. The van der Waals surface area contributed by atoms with Crippen molar-refractivity contribution >= 4 is 22.4 Å². The molecule has 0 bridgehead atoms. The summed E-state index contributed by atoms with van der Waals surface area (Å²) < 4.78 is 17.2. The van der Waals surface area contributed by atoms with Crippen LogP contribution in [0.25, 0.3) is 10.8 Å². The summed E-state index contributed by atoms with van der Waals surface area (Å²) in [5.41, 5.74) is 4.07. The molecule has 0 amide bonds. The second-order valence-electron chi connectivity index (χ2n) is 9.56. The van der Waals surface area contributed by atoms with E-state index in [9.17, 15) is 0 Å². The fourth-order valence-corrected chi connectivity index (χ4v) is 5.53. The van der Waals surface area contributed by atoms with E-state index in [0.717, 1.165) is 61.0 Å². The van der Waals surface area contributed by atoms with Crippen LogP contribution in [0, 0.1) is 0 Å². The van der Waals surface area contributed by atoms with Crippen molar-refractivity contribution in [2.75, 3.05) is 33.9 Å². The molecule has 0 aromatic heterocycles. The van der Waals surface area contributed by atoms with E-state index in [4.69, 9.17) is 25.8 Å². The fraction of sp³-hybridized carbons (Fsp3) is 0.312. The zero-order valence-corrected chi connectivity index (χ0v) is 22.3. The number of rotatable bonds is 10. The van der Waals surface area contributed by atoms with Gasteiger partial charge in [0.2, 0.25) is 0 Å². The van der Waals surface area contributed by atoms with Gasteiger partial charge < -0.3 is 14.2 Å². The van der Waals surface area contributed by atoms with Gasteiger partial charge in [0.05, 0.1) is 20.8 Å². The largest absolute Gasteiger partial charge is 0.494 e. The van der Waals surface area contributed by atoms with Crippen molar-refractivity contribution in [3.63, 3.8) is 0 Å². The molecule has 0 N–H and O–H groups in total. The first-order valence-electron chi connectivity index (χ1n) is 13.0. The maximum atomic E-state index is 5.98. The molecule has 0 fully saturated rings. The van der Waals surface area contributed by atoms with E-state index in [1.165, 1.54) is 27.5 Å². The summed E-state index contributed by atoms with van der Waals surface area (Å²) in [6.07, 6.45) is 4.02. The molecule has 1 aliphatic heterocycles. The van der Waals surface area contributed by atoms with Crippen LogP contribution in [-0.4, -0.2) is 38.8 Å². The molecule has 0 spiro atoms. The number of nitrogens with zero attached hydrogens (tertiary/aromatic N) is 1. The van der Waals surface area contributed by atoms with Crippen LogP contribution < -0.4 is 14.2 Å². The predicted molar refractivity (Wildman–Crippen MR) is 151 cm³/mol. The Kier molecular flexibility index (Phi) is 8.18. The normalized spacial score (nSPS) is 15.4. The first-order valence-corrected chi connectivity index (χ1v) is 13.4. The van der Waals surface area contributed by atoms with Gasteiger partial charge in [-0.15, -0.1) is 0 Å². The summed E-state index contributed by atoms with van der Waals surface area (Å²) >= 11 is 5.98. The van der Waals surface area contributed by atoms with Crippen molar-refractivity contribution in [2.24, 2.45) is 0 Å². The van der Waals surface area contributed by atoms with Crippen molar-refractivity contribution in [2.45, 2.75) is 31.7 Å². The summed E-state index contributed by atoms with van der Waals surface area (Å²) in [7, 11) is 3.42. The lowest BCUT2D eigenvalue weighted by Gasteiger charge is -2.38. The van der Waals surface area contributed by atoms with Gasteiger partial charge in [0, 0.05) is 17.6 Å². The van der Waals surface area contributed by atoms with E-state index in [2.05, 4.69) is 59.5 Å². The highest BCUT2D eigenvalue weighted by molar-refractivity contribution is 6.30. The second kappa shape index (κ2) is 11.9. The predicted octanol–water partition coefficient (Wildman–Crippen LogP) is 7.51. The number of hydrogen-bond acceptors (Lipinski definition) is 4. The Morgan fingerprint density at radius 3 is 2.43 bits per heavy atom. The lowest BCUT2D eigenvalue weighted by Crippen LogP contribution is -2.37. The van der Waals surface area contributed by atoms with Gasteiger partial charge in [0.15, 0.2) is 11.5 Å². The molecule has 0 saturated carbocycles. The van der Waals surface area contributed by atoms with E-state index in [1.54, 1.807) is 14.2 Å². The minimum absolute atomic E-state index is 0.270. The van der Waals surface area contributed by atoms with Crippen LogP contribution in [0.3, 0.4) is 0 Å². The van der Waals surface area contributed by atoms with E-state index >= 15 is 0 Å². The fourth-order valence-electron chi connectivity index (χ4n) is 5.40. The Balaban J connectivity index is 1.35. The van der Waals surface area contributed by atoms with E-state index < -0.39 is 0 Å². The van der Waals surface area contributed by atoms with Crippen LogP contribution in [0.5, 0.6) is 17.2 Å². The van der Waals surface area contributed by atoms with E-state index in [1.807, 2.05) is 24.3 Å². The molecule has 0 saturated heterocycles. The SMILES string of the molecule is COc1cc2c(cc1OC)C(Cc1cccc3ccccc13)N(CCCCOc1ccc(Cl)cc1)CC2. The molecule has 4 aromatic carbocycles. The highest BCUT2D eigenvalue weighted by atomic mass is 35.5. The monoisotopic (exact) mass is 515 g/mol. The molecule has 5 rings (SSSR count). The van der Waals surface area contributed by atoms with Gasteiger partial charge in [-0.3, -0.25) is 4.90 Å². The van der Waals surface area contributed by atoms with Crippen LogP contribution in [0.2, 0.25) is 5.02 Å². The zero-order chi connectivity index (χ0) is 25.6. The zero-order valence-electron chi connectivity index (χ0n) is 21.6. The third-order valence-electron chi connectivity index (χ3n) is 7.33. The van der Waals surface area contributed by atoms with Crippen LogP contribution in [0.15, 0.2) is 78.9 Å². The lowest BCUT2D eigenvalue weighted by molar-refractivity contribution is 0.174. The molecular weight excluding hydrogens is 482 g/mol. The maximum absolute atomic E-state index is 5.98. The number of halogens is 1. The third kappa shape index (κ3) is 5.87. The van der Waals surface area contributed by atoms with E-state index in [-0.39, 0.29) is 6.04 Å². The van der Waals surface area contributed by atoms with Gasteiger partial charge in [-0.25, -0.2) is 0 Å². The van der Waals surface area contributed by atoms with Crippen LogP contribution in [0.4, 0.5) is 0 Å². The van der Waals surface area contributed by atoms with Crippen molar-refractivity contribution < 1.29 is 14.2 Å². The Bertz CT molecular complexity index is 1330. The topological polar surface area (TPSA) is 30.9 Å². The smallest absolute Gasteiger partial charge is 0.161 e. The maximum Gasteiger partial charge on any atom is 0.161 e. The molecule has 192 valence electrons. The highest BCUT2D eigenvalue weighted by Crippen LogP contribution is 2.40. The van der Waals surface area contributed by atoms with Gasteiger partial charge >= 0.3 is 0 Å². The van der Waals surface area contributed by atoms with Crippen molar-refractivity contribution in [1.82, 2.24) is 4.90 Å². The average molecular weight is 516 g/mol. The Morgan fingerprint density at radius 1 is 0.865 bits per heavy atom. The molecule has 0 radical (unpaired) electrons. The summed E-state index contributed by atoms with van der Waals surface area (Å²) in [4.78, 5) is 2.64. The number of unbranched alkanes of at least 4 members (excludes halogenated alkanes) is 1. The Hall–Kier alpha value is -3.21. The molecule has 37 heavy (non-hydrogen) atoms. The first kappa shape index (κ1) is 25.4.